The molecule has 304 valence electrons. The Morgan fingerprint density at radius 3 is 0.902 bits per heavy atom. The van der Waals surface area contributed by atoms with Gasteiger partial charge in [0.15, 0.2) is 0 Å². The summed E-state index contributed by atoms with van der Waals surface area (Å²) in [5.74, 6) is 0. The zero-order chi connectivity index (χ0) is 37.3. The Morgan fingerprint density at radius 1 is 0.333 bits per heavy atom. The first-order valence-corrected chi connectivity index (χ1v) is 23.5. The van der Waals surface area contributed by atoms with E-state index >= 15 is 0 Å². The maximum atomic E-state index is 7.10. The van der Waals surface area contributed by atoms with Crippen molar-refractivity contribution < 1.29 is 4.74 Å². The van der Waals surface area contributed by atoms with E-state index in [1.807, 2.05) is 0 Å². The molecule has 0 heterocycles. The smallest absolute Gasteiger partial charge is 0.0591 e. The maximum Gasteiger partial charge on any atom is 0.0591 e. The second kappa shape index (κ2) is 42.1. The molecule has 2 unspecified atom stereocenters. The summed E-state index contributed by atoms with van der Waals surface area (Å²) in [5.41, 5.74) is 0. The number of nitrogens with zero attached hydrogens (tertiary/aromatic N) is 2. The number of unbranched alkanes of at least 4 members (excludes halogenated alkanes) is 22. The zero-order valence-electron chi connectivity index (χ0n) is 36.2. The quantitative estimate of drug-likeness (QED) is 0.0462. The minimum Gasteiger partial charge on any atom is -0.375 e. The minimum absolute atomic E-state index is 0.417. The molecule has 0 radical (unpaired) electrons. The van der Waals surface area contributed by atoms with Crippen molar-refractivity contribution in [1.82, 2.24) is 9.80 Å². The van der Waals surface area contributed by atoms with E-state index in [0.29, 0.717) is 12.2 Å². The number of hydrogen-bond donors (Lipinski definition) is 0. The average Bonchev–Trinajstić information content (AvgIpc) is 3.15. The lowest BCUT2D eigenvalue weighted by Crippen LogP contribution is -2.32. The largest absolute Gasteiger partial charge is 0.375 e. The molecule has 0 aliphatic heterocycles. The first kappa shape index (κ1) is 50.4. The predicted molar refractivity (Wildman–Crippen MR) is 232 cm³/mol. The Hall–Kier alpha value is -0.640. The molecule has 0 aliphatic rings. The van der Waals surface area contributed by atoms with E-state index in [-0.39, 0.29) is 0 Å². The molecule has 2 atom stereocenters. The van der Waals surface area contributed by atoms with Gasteiger partial charge in [-0.3, -0.25) is 0 Å². The predicted octanol–water partition coefficient (Wildman–Crippen LogP) is 15.3. The second-order valence-corrected chi connectivity index (χ2v) is 15.8. The molecule has 0 spiro atoms. The fourth-order valence-corrected chi connectivity index (χ4v) is 7.45. The lowest BCUT2D eigenvalue weighted by atomic mass is 10.0. The van der Waals surface area contributed by atoms with Crippen LogP contribution in [0.2, 0.25) is 0 Å². The van der Waals surface area contributed by atoms with Crippen molar-refractivity contribution in [1.29, 1.82) is 0 Å². The van der Waals surface area contributed by atoms with Gasteiger partial charge in [-0.2, -0.15) is 0 Å². The Bertz CT molecular complexity index is 639. The summed E-state index contributed by atoms with van der Waals surface area (Å²) in [4.78, 5) is 5.18. The van der Waals surface area contributed by atoms with Crippen LogP contribution in [0.3, 0.4) is 0 Å². The molecule has 0 bridgehead atoms. The summed E-state index contributed by atoms with van der Waals surface area (Å²) in [5, 5.41) is 0. The van der Waals surface area contributed by atoms with Crippen molar-refractivity contribution in [3.05, 3.63) is 24.3 Å². The van der Waals surface area contributed by atoms with Gasteiger partial charge in [0.1, 0.15) is 0 Å². The van der Waals surface area contributed by atoms with Crippen LogP contribution in [-0.2, 0) is 4.74 Å². The molecule has 3 heteroatoms. The first-order chi connectivity index (χ1) is 25.1. The molecule has 0 aromatic heterocycles. The molecule has 0 amide bonds. The van der Waals surface area contributed by atoms with Gasteiger partial charge < -0.3 is 14.5 Å². The molecule has 0 aromatic carbocycles. The molecule has 0 N–H and O–H groups in total. The fourth-order valence-electron chi connectivity index (χ4n) is 7.45. The molecule has 51 heavy (non-hydrogen) atoms. The van der Waals surface area contributed by atoms with E-state index in [1.165, 1.54) is 206 Å². The molecular weight excluding hydrogens is 621 g/mol. The molecule has 3 nitrogen and oxygen atoms in total. The lowest BCUT2D eigenvalue weighted by Gasteiger charge is -2.29. The van der Waals surface area contributed by atoms with Gasteiger partial charge in [0.2, 0.25) is 0 Å². The van der Waals surface area contributed by atoms with E-state index in [9.17, 15) is 0 Å². The van der Waals surface area contributed by atoms with Crippen LogP contribution < -0.4 is 0 Å². The van der Waals surface area contributed by atoms with Crippen molar-refractivity contribution in [2.75, 3.05) is 39.3 Å². The van der Waals surface area contributed by atoms with Gasteiger partial charge in [0.05, 0.1) is 12.2 Å². The van der Waals surface area contributed by atoms with Crippen LogP contribution in [0.1, 0.15) is 234 Å². The van der Waals surface area contributed by atoms with Crippen molar-refractivity contribution >= 4 is 0 Å². The van der Waals surface area contributed by atoms with Gasteiger partial charge in [-0.15, -0.1) is 0 Å². The fraction of sp³-hybridized carbons (Fsp3) is 0.917. The van der Waals surface area contributed by atoms with Gasteiger partial charge in [-0.1, -0.05) is 181 Å². The third-order valence-electron chi connectivity index (χ3n) is 11.3. The van der Waals surface area contributed by atoms with Crippen molar-refractivity contribution in [3.63, 3.8) is 0 Å². The standard InChI is InChI=1S/C48H96N2O/c1-7-13-15-17-19-21-23-25-27-29-31-33-35-37-39-41-47(43-45-49(9-3)10-4)51-48(44-46-50(11-5)12-6)42-40-38-36-34-32-30-28-26-24-22-20-18-16-14-8-2/h25-28,47-48H,7-24,29-46H2,1-6H3/b27-25-,28-26-. The maximum absolute atomic E-state index is 7.10. The molecule has 0 aromatic rings. The first-order valence-electron chi connectivity index (χ1n) is 23.5. The van der Waals surface area contributed by atoms with Crippen molar-refractivity contribution in [2.24, 2.45) is 0 Å². The zero-order valence-corrected chi connectivity index (χ0v) is 36.2. The summed E-state index contributed by atoms with van der Waals surface area (Å²) >= 11 is 0. The second-order valence-electron chi connectivity index (χ2n) is 15.8. The van der Waals surface area contributed by atoms with Crippen molar-refractivity contribution in [3.8, 4) is 0 Å². The summed E-state index contributed by atoms with van der Waals surface area (Å²) in [6.45, 7) is 20.8. The van der Waals surface area contributed by atoms with Crippen LogP contribution in [-0.4, -0.2) is 61.3 Å². The third kappa shape index (κ3) is 36.1. The highest BCUT2D eigenvalue weighted by atomic mass is 16.5. The summed E-state index contributed by atoms with van der Waals surface area (Å²) in [7, 11) is 0. The van der Waals surface area contributed by atoms with E-state index in [2.05, 4.69) is 75.6 Å². The highest BCUT2D eigenvalue weighted by molar-refractivity contribution is 4.82. The van der Waals surface area contributed by atoms with Gasteiger partial charge >= 0.3 is 0 Å². The van der Waals surface area contributed by atoms with Crippen LogP contribution in [0.15, 0.2) is 24.3 Å². The monoisotopic (exact) mass is 717 g/mol. The average molecular weight is 717 g/mol. The molecule has 0 rings (SSSR count). The normalized spacial score (nSPS) is 13.5. The topological polar surface area (TPSA) is 15.7 Å². The number of allylic oxidation sites excluding steroid dienone is 4. The van der Waals surface area contributed by atoms with Gasteiger partial charge in [-0.05, 0) is 103 Å². The Balaban J connectivity index is 4.55. The van der Waals surface area contributed by atoms with Crippen LogP contribution in [0.4, 0.5) is 0 Å². The Labute approximate surface area is 323 Å². The Morgan fingerprint density at radius 2 is 0.608 bits per heavy atom. The number of ether oxygens (including phenoxy) is 1. The van der Waals surface area contributed by atoms with Gasteiger partial charge in [0.25, 0.3) is 0 Å². The van der Waals surface area contributed by atoms with Gasteiger partial charge in [0, 0.05) is 13.1 Å². The van der Waals surface area contributed by atoms with Crippen LogP contribution in [0.5, 0.6) is 0 Å². The highest BCUT2D eigenvalue weighted by Gasteiger charge is 2.18. The number of hydrogen-bond acceptors (Lipinski definition) is 3. The van der Waals surface area contributed by atoms with Crippen LogP contribution in [0, 0.1) is 0 Å². The third-order valence-corrected chi connectivity index (χ3v) is 11.3. The highest BCUT2D eigenvalue weighted by Crippen LogP contribution is 2.21. The van der Waals surface area contributed by atoms with Crippen LogP contribution >= 0.6 is 0 Å². The summed E-state index contributed by atoms with van der Waals surface area (Å²) < 4.78 is 7.10. The van der Waals surface area contributed by atoms with Gasteiger partial charge in [-0.25, -0.2) is 0 Å². The van der Waals surface area contributed by atoms with E-state index in [0.717, 1.165) is 26.2 Å². The van der Waals surface area contributed by atoms with E-state index in [1.54, 1.807) is 0 Å². The van der Waals surface area contributed by atoms with Crippen LogP contribution in [0.25, 0.3) is 0 Å². The minimum atomic E-state index is 0.417. The molecule has 0 fully saturated rings. The Kier molecular flexibility index (Phi) is 41.6. The molecule has 0 aliphatic carbocycles. The van der Waals surface area contributed by atoms with E-state index in [4.69, 9.17) is 4.74 Å². The summed E-state index contributed by atoms with van der Waals surface area (Å²) in [6, 6.07) is 0. The molecule has 0 saturated heterocycles. The van der Waals surface area contributed by atoms with Crippen molar-refractivity contribution in [2.45, 2.75) is 246 Å². The molecule has 0 saturated carbocycles. The SMILES string of the molecule is CCCCCCCC/C=C\CCCCCCCC(CCN(CC)CC)OC(CCCCCCC/C=C\CCCCCCCC)CCN(CC)CC. The number of rotatable bonds is 42. The lowest BCUT2D eigenvalue weighted by molar-refractivity contribution is -0.0369. The molecular formula is C48H96N2O. The van der Waals surface area contributed by atoms with E-state index < -0.39 is 0 Å². The summed E-state index contributed by atoms with van der Waals surface area (Å²) in [6.07, 6.45) is 51.1.